The monoisotopic (exact) mass is 393 g/mol. The molecular weight excluding hydrogens is 370 g/mol. The molecule has 2 heterocycles. The van der Waals surface area contributed by atoms with E-state index in [1.54, 1.807) is 0 Å². The van der Waals surface area contributed by atoms with Crippen molar-refractivity contribution in [2.45, 2.75) is 37.6 Å². The van der Waals surface area contributed by atoms with Crippen molar-refractivity contribution in [3.63, 3.8) is 0 Å². The van der Waals surface area contributed by atoms with Crippen LogP contribution in [0.25, 0.3) is 22.5 Å². The standard InChI is InChI=1S/C25H23N5/c1-2-21(25-29-27-16-30(25)23-10-11-23)14-22(3-1)28-24-15-20(12-13-26-24)19-8-6-18(7-9-19)17-4-5-17/h1-3,6-9,12-17,23H,4-5,10-11H2,(H,26,28). The Morgan fingerprint density at radius 3 is 2.50 bits per heavy atom. The number of pyridine rings is 1. The summed E-state index contributed by atoms with van der Waals surface area (Å²) in [6.07, 6.45) is 8.78. The Morgan fingerprint density at radius 1 is 0.833 bits per heavy atom. The summed E-state index contributed by atoms with van der Waals surface area (Å²) < 4.78 is 2.18. The Balaban J connectivity index is 1.25. The normalized spacial score (nSPS) is 15.9. The fraction of sp³-hybridized carbons (Fsp3) is 0.240. The van der Waals surface area contributed by atoms with Crippen LogP contribution in [-0.4, -0.2) is 19.7 Å². The number of benzene rings is 2. The molecule has 0 spiro atoms. The summed E-state index contributed by atoms with van der Waals surface area (Å²) >= 11 is 0. The first kappa shape index (κ1) is 17.4. The number of rotatable bonds is 6. The van der Waals surface area contributed by atoms with Crippen molar-refractivity contribution < 1.29 is 0 Å². The number of aromatic nitrogens is 4. The summed E-state index contributed by atoms with van der Waals surface area (Å²) in [5.74, 6) is 2.55. The lowest BCUT2D eigenvalue weighted by Gasteiger charge is -2.10. The maximum absolute atomic E-state index is 4.52. The SMILES string of the molecule is c1cc(Nc2cc(-c3ccc(C4CC4)cc3)ccn2)cc(-c2nncn2C2CC2)c1. The molecule has 0 amide bonds. The van der Waals surface area contributed by atoms with Crippen molar-refractivity contribution in [3.8, 4) is 22.5 Å². The maximum Gasteiger partial charge on any atom is 0.164 e. The summed E-state index contributed by atoms with van der Waals surface area (Å²) in [5.41, 5.74) is 5.90. The second kappa shape index (κ2) is 7.10. The van der Waals surface area contributed by atoms with E-state index >= 15 is 0 Å². The number of nitrogens with zero attached hydrogens (tertiary/aromatic N) is 4. The zero-order valence-corrected chi connectivity index (χ0v) is 16.7. The number of nitrogens with one attached hydrogen (secondary N) is 1. The van der Waals surface area contributed by atoms with Crippen LogP contribution in [0.5, 0.6) is 0 Å². The Morgan fingerprint density at radius 2 is 1.70 bits per heavy atom. The first-order valence-electron chi connectivity index (χ1n) is 10.7. The van der Waals surface area contributed by atoms with Crippen LogP contribution in [0.15, 0.2) is 73.2 Å². The lowest BCUT2D eigenvalue weighted by Crippen LogP contribution is -1.97. The van der Waals surface area contributed by atoms with Crippen LogP contribution in [-0.2, 0) is 0 Å². The molecule has 0 bridgehead atoms. The smallest absolute Gasteiger partial charge is 0.164 e. The highest BCUT2D eigenvalue weighted by Crippen LogP contribution is 2.40. The molecule has 0 atom stereocenters. The van der Waals surface area contributed by atoms with E-state index in [1.165, 1.54) is 42.4 Å². The van der Waals surface area contributed by atoms with Gasteiger partial charge in [-0.3, -0.25) is 0 Å². The first-order valence-corrected chi connectivity index (χ1v) is 10.7. The molecule has 0 radical (unpaired) electrons. The Hall–Kier alpha value is -3.47. The minimum absolute atomic E-state index is 0.552. The van der Waals surface area contributed by atoms with Crippen molar-refractivity contribution in [2.75, 3.05) is 5.32 Å². The average molecular weight is 393 g/mol. The summed E-state index contributed by atoms with van der Waals surface area (Å²) in [4.78, 5) is 4.52. The molecule has 0 aliphatic heterocycles. The highest BCUT2D eigenvalue weighted by Gasteiger charge is 2.26. The van der Waals surface area contributed by atoms with Gasteiger partial charge in [0, 0.05) is 23.5 Å². The summed E-state index contributed by atoms with van der Waals surface area (Å²) in [7, 11) is 0. The molecule has 6 rings (SSSR count). The van der Waals surface area contributed by atoms with E-state index in [1.807, 2.05) is 18.6 Å². The Kier molecular flexibility index (Phi) is 4.11. The van der Waals surface area contributed by atoms with Crippen LogP contribution in [0.2, 0.25) is 0 Å². The maximum atomic E-state index is 4.52. The van der Waals surface area contributed by atoms with Gasteiger partial charge in [-0.1, -0.05) is 36.4 Å². The van der Waals surface area contributed by atoms with Crippen molar-refractivity contribution in [2.24, 2.45) is 0 Å². The van der Waals surface area contributed by atoms with Gasteiger partial charge in [-0.05, 0) is 72.6 Å². The van der Waals surface area contributed by atoms with E-state index < -0.39 is 0 Å². The molecule has 2 aliphatic rings. The zero-order valence-electron chi connectivity index (χ0n) is 16.7. The van der Waals surface area contributed by atoms with E-state index in [0.717, 1.165) is 28.8 Å². The van der Waals surface area contributed by atoms with E-state index in [2.05, 4.69) is 79.7 Å². The molecule has 4 aromatic rings. The van der Waals surface area contributed by atoms with Crippen LogP contribution in [0.3, 0.4) is 0 Å². The van der Waals surface area contributed by atoms with Gasteiger partial charge in [-0.25, -0.2) is 4.98 Å². The van der Waals surface area contributed by atoms with Crippen LogP contribution >= 0.6 is 0 Å². The van der Waals surface area contributed by atoms with Crippen molar-refractivity contribution in [3.05, 3.63) is 78.8 Å². The molecule has 2 aromatic carbocycles. The Bertz CT molecular complexity index is 1190. The molecule has 1 N–H and O–H groups in total. The third-order valence-electron chi connectivity index (χ3n) is 5.96. The molecule has 2 aliphatic carbocycles. The highest BCUT2D eigenvalue weighted by molar-refractivity contribution is 5.71. The highest BCUT2D eigenvalue weighted by atomic mass is 15.3. The fourth-order valence-electron chi connectivity index (χ4n) is 4.00. The second-order valence-electron chi connectivity index (χ2n) is 8.32. The minimum Gasteiger partial charge on any atom is -0.340 e. The predicted molar refractivity (Wildman–Crippen MR) is 119 cm³/mol. The van der Waals surface area contributed by atoms with Gasteiger partial charge in [0.2, 0.25) is 0 Å². The van der Waals surface area contributed by atoms with Crippen molar-refractivity contribution in [1.82, 2.24) is 19.7 Å². The van der Waals surface area contributed by atoms with Gasteiger partial charge in [0.05, 0.1) is 0 Å². The molecule has 148 valence electrons. The predicted octanol–water partition coefficient (Wildman–Crippen LogP) is 5.96. The molecule has 0 saturated heterocycles. The Labute approximate surface area is 175 Å². The number of anilines is 2. The van der Waals surface area contributed by atoms with E-state index in [9.17, 15) is 0 Å². The lowest BCUT2D eigenvalue weighted by atomic mass is 10.0. The van der Waals surface area contributed by atoms with Gasteiger partial charge in [-0.15, -0.1) is 10.2 Å². The van der Waals surface area contributed by atoms with Gasteiger partial charge in [0.1, 0.15) is 12.1 Å². The molecule has 2 fully saturated rings. The quantitative estimate of drug-likeness (QED) is 0.439. The molecular formula is C25H23N5. The minimum atomic E-state index is 0.552. The second-order valence-corrected chi connectivity index (χ2v) is 8.32. The van der Waals surface area contributed by atoms with Crippen LogP contribution < -0.4 is 5.32 Å². The summed E-state index contributed by atoms with van der Waals surface area (Å²) in [6.45, 7) is 0. The van der Waals surface area contributed by atoms with Gasteiger partial charge >= 0.3 is 0 Å². The molecule has 5 heteroatoms. The van der Waals surface area contributed by atoms with Gasteiger partial charge in [0.15, 0.2) is 5.82 Å². The topological polar surface area (TPSA) is 55.6 Å². The number of hydrogen-bond donors (Lipinski definition) is 1. The fourth-order valence-corrected chi connectivity index (χ4v) is 4.00. The lowest BCUT2D eigenvalue weighted by molar-refractivity contribution is 0.746. The van der Waals surface area contributed by atoms with Gasteiger partial charge < -0.3 is 9.88 Å². The van der Waals surface area contributed by atoms with Crippen LogP contribution in [0.4, 0.5) is 11.5 Å². The van der Waals surface area contributed by atoms with Crippen LogP contribution in [0, 0.1) is 0 Å². The van der Waals surface area contributed by atoms with Crippen molar-refractivity contribution in [1.29, 1.82) is 0 Å². The van der Waals surface area contributed by atoms with E-state index in [-0.39, 0.29) is 0 Å². The zero-order chi connectivity index (χ0) is 19.9. The number of hydrogen-bond acceptors (Lipinski definition) is 4. The molecule has 0 unspecified atom stereocenters. The first-order chi connectivity index (χ1) is 14.8. The molecule has 2 saturated carbocycles. The molecule has 5 nitrogen and oxygen atoms in total. The molecule has 2 aromatic heterocycles. The van der Waals surface area contributed by atoms with Crippen molar-refractivity contribution >= 4 is 11.5 Å². The third-order valence-corrected chi connectivity index (χ3v) is 5.96. The average Bonchev–Trinajstić information content (AvgIpc) is 3.73. The van der Waals surface area contributed by atoms with Crippen LogP contribution in [0.1, 0.15) is 43.2 Å². The van der Waals surface area contributed by atoms with Gasteiger partial charge in [0.25, 0.3) is 0 Å². The van der Waals surface area contributed by atoms with Gasteiger partial charge in [-0.2, -0.15) is 0 Å². The van der Waals surface area contributed by atoms with E-state index in [0.29, 0.717) is 6.04 Å². The van der Waals surface area contributed by atoms with E-state index in [4.69, 9.17) is 0 Å². The largest absolute Gasteiger partial charge is 0.340 e. The summed E-state index contributed by atoms with van der Waals surface area (Å²) in [5, 5.41) is 11.9. The summed E-state index contributed by atoms with van der Waals surface area (Å²) in [6, 6.07) is 22.0. The molecule has 30 heavy (non-hydrogen) atoms. The third kappa shape index (κ3) is 3.47.